The van der Waals surface area contributed by atoms with Crippen molar-refractivity contribution in [2.24, 2.45) is 5.92 Å². The number of nitrogens with one attached hydrogen (secondary N) is 1. The summed E-state index contributed by atoms with van der Waals surface area (Å²) < 4.78 is 5.42. The first kappa shape index (κ1) is 19.5. The fourth-order valence-corrected chi connectivity index (χ4v) is 3.31. The molecule has 1 aromatic carbocycles. The lowest BCUT2D eigenvalue weighted by Crippen LogP contribution is -2.41. The fraction of sp³-hybridized carbons (Fsp3) is 0.550. The van der Waals surface area contributed by atoms with Crippen molar-refractivity contribution >= 4 is 5.91 Å². The maximum absolute atomic E-state index is 12.2. The van der Waals surface area contributed by atoms with Crippen LogP contribution in [0.2, 0.25) is 0 Å². The summed E-state index contributed by atoms with van der Waals surface area (Å²) in [5, 5.41) is 7.14. The highest BCUT2D eigenvalue weighted by Gasteiger charge is 2.25. The number of benzene rings is 1. The van der Waals surface area contributed by atoms with Crippen molar-refractivity contribution in [1.82, 2.24) is 25.3 Å². The fourth-order valence-electron chi connectivity index (χ4n) is 3.31. The zero-order valence-corrected chi connectivity index (χ0v) is 16.4. The van der Waals surface area contributed by atoms with Crippen LogP contribution in [0.1, 0.15) is 24.3 Å². The predicted molar refractivity (Wildman–Crippen MR) is 104 cm³/mol. The summed E-state index contributed by atoms with van der Waals surface area (Å²) >= 11 is 0. The number of amides is 1. The van der Waals surface area contributed by atoms with Gasteiger partial charge in [-0.3, -0.25) is 9.69 Å². The smallest absolute Gasteiger partial charge is 0.241 e. The molecule has 0 radical (unpaired) electrons. The summed E-state index contributed by atoms with van der Waals surface area (Å²) in [6.45, 7) is 5.99. The minimum Gasteiger partial charge on any atom is -0.355 e. The van der Waals surface area contributed by atoms with Gasteiger partial charge in [-0.2, -0.15) is 4.98 Å². The molecule has 146 valence electrons. The van der Waals surface area contributed by atoms with Gasteiger partial charge in [-0.1, -0.05) is 28.9 Å². The van der Waals surface area contributed by atoms with Crippen molar-refractivity contribution in [2.75, 3.05) is 40.3 Å². The molecule has 1 N–H and O–H groups in total. The van der Waals surface area contributed by atoms with Crippen LogP contribution in [-0.4, -0.2) is 66.1 Å². The Morgan fingerprint density at radius 2 is 2.11 bits per heavy atom. The highest BCUT2D eigenvalue weighted by molar-refractivity contribution is 5.78. The van der Waals surface area contributed by atoms with E-state index in [2.05, 4.69) is 31.3 Å². The molecule has 0 atom stereocenters. The number of nitrogens with zero attached hydrogens (tertiary/aromatic N) is 4. The van der Waals surface area contributed by atoms with Crippen LogP contribution >= 0.6 is 0 Å². The standard InChI is InChI=1S/C20H29N5O2/c1-15-5-4-6-17(13-15)19-22-18(27-23-19)14-25-10-7-16(8-11-25)20(26)21-9-12-24(2)3/h4-6,13,16H,7-12,14H2,1-3H3,(H,21,26). The molecule has 3 rings (SSSR count). The van der Waals surface area contributed by atoms with Crippen LogP contribution in [-0.2, 0) is 11.3 Å². The Labute approximate surface area is 160 Å². The highest BCUT2D eigenvalue weighted by atomic mass is 16.5. The van der Waals surface area contributed by atoms with E-state index in [9.17, 15) is 4.79 Å². The second kappa shape index (κ2) is 9.10. The number of hydrogen-bond acceptors (Lipinski definition) is 6. The van der Waals surface area contributed by atoms with Gasteiger partial charge in [0.2, 0.25) is 17.6 Å². The highest BCUT2D eigenvalue weighted by Crippen LogP contribution is 2.21. The Morgan fingerprint density at radius 1 is 1.33 bits per heavy atom. The van der Waals surface area contributed by atoms with E-state index in [1.54, 1.807) is 0 Å². The Morgan fingerprint density at radius 3 is 2.81 bits per heavy atom. The summed E-state index contributed by atoms with van der Waals surface area (Å²) in [4.78, 5) is 21.1. The van der Waals surface area contributed by atoms with Gasteiger partial charge in [-0.05, 0) is 53.0 Å². The van der Waals surface area contributed by atoms with Crippen molar-refractivity contribution in [3.8, 4) is 11.4 Å². The van der Waals surface area contributed by atoms with E-state index in [-0.39, 0.29) is 11.8 Å². The predicted octanol–water partition coefficient (Wildman–Crippen LogP) is 1.93. The van der Waals surface area contributed by atoms with Crippen LogP contribution in [0, 0.1) is 12.8 Å². The van der Waals surface area contributed by atoms with Gasteiger partial charge in [0, 0.05) is 24.6 Å². The summed E-state index contributed by atoms with van der Waals surface area (Å²) in [7, 11) is 4.01. The molecule has 1 amide bonds. The molecule has 1 saturated heterocycles. The van der Waals surface area contributed by atoms with Crippen LogP contribution in [0.25, 0.3) is 11.4 Å². The van der Waals surface area contributed by atoms with E-state index < -0.39 is 0 Å². The summed E-state index contributed by atoms with van der Waals surface area (Å²) in [5.74, 6) is 1.54. The van der Waals surface area contributed by atoms with E-state index in [4.69, 9.17) is 4.52 Å². The average molecular weight is 371 g/mol. The van der Waals surface area contributed by atoms with Gasteiger partial charge < -0.3 is 14.7 Å². The number of carbonyl (C=O) groups excluding carboxylic acids is 1. The zero-order chi connectivity index (χ0) is 19.2. The van der Waals surface area contributed by atoms with Crippen LogP contribution < -0.4 is 5.32 Å². The molecule has 7 nitrogen and oxygen atoms in total. The normalized spacial score (nSPS) is 16.0. The Hall–Kier alpha value is -2.25. The molecule has 0 bridgehead atoms. The lowest BCUT2D eigenvalue weighted by molar-refractivity contribution is -0.126. The molecule has 27 heavy (non-hydrogen) atoms. The first-order valence-electron chi connectivity index (χ1n) is 9.55. The maximum Gasteiger partial charge on any atom is 0.241 e. The van der Waals surface area contributed by atoms with Crippen molar-refractivity contribution in [3.05, 3.63) is 35.7 Å². The van der Waals surface area contributed by atoms with Gasteiger partial charge in [-0.15, -0.1) is 0 Å². The van der Waals surface area contributed by atoms with E-state index >= 15 is 0 Å². The van der Waals surface area contributed by atoms with Crippen LogP contribution in [0.3, 0.4) is 0 Å². The lowest BCUT2D eigenvalue weighted by atomic mass is 9.96. The Bertz CT molecular complexity index is 750. The quantitative estimate of drug-likeness (QED) is 0.802. The van der Waals surface area contributed by atoms with Gasteiger partial charge in [0.1, 0.15) is 0 Å². The molecular formula is C20H29N5O2. The van der Waals surface area contributed by atoms with Crippen molar-refractivity contribution in [3.63, 3.8) is 0 Å². The zero-order valence-electron chi connectivity index (χ0n) is 16.4. The Balaban J connectivity index is 1.46. The summed E-state index contributed by atoms with van der Waals surface area (Å²) in [5.41, 5.74) is 2.14. The molecule has 1 aromatic heterocycles. The SMILES string of the molecule is Cc1cccc(-c2noc(CN3CCC(C(=O)NCCN(C)C)CC3)n2)c1. The molecule has 7 heteroatoms. The molecule has 0 aliphatic carbocycles. The molecular weight excluding hydrogens is 342 g/mol. The largest absolute Gasteiger partial charge is 0.355 e. The van der Waals surface area contributed by atoms with E-state index in [0.29, 0.717) is 24.8 Å². The van der Waals surface area contributed by atoms with E-state index in [1.807, 2.05) is 39.2 Å². The Kier molecular flexibility index (Phi) is 6.58. The molecule has 2 heterocycles. The van der Waals surface area contributed by atoms with Gasteiger partial charge in [0.05, 0.1) is 6.54 Å². The number of likely N-dealkylation sites (tertiary alicyclic amines) is 1. The molecule has 1 aliphatic rings. The number of hydrogen-bond donors (Lipinski definition) is 1. The van der Waals surface area contributed by atoms with Gasteiger partial charge in [-0.25, -0.2) is 0 Å². The summed E-state index contributed by atoms with van der Waals surface area (Å²) in [6, 6.07) is 8.08. The third-order valence-corrected chi connectivity index (χ3v) is 4.92. The van der Waals surface area contributed by atoms with Crippen molar-refractivity contribution in [2.45, 2.75) is 26.3 Å². The topological polar surface area (TPSA) is 74.5 Å². The molecule has 0 spiro atoms. The minimum atomic E-state index is 0.106. The van der Waals surface area contributed by atoms with Crippen molar-refractivity contribution in [1.29, 1.82) is 0 Å². The number of carbonyl (C=O) groups is 1. The molecule has 0 saturated carbocycles. The van der Waals surface area contributed by atoms with Gasteiger partial charge in [0.15, 0.2) is 0 Å². The first-order valence-corrected chi connectivity index (χ1v) is 9.55. The third kappa shape index (κ3) is 5.61. The van der Waals surface area contributed by atoms with Crippen LogP contribution in [0.4, 0.5) is 0 Å². The van der Waals surface area contributed by atoms with Crippen molar-refractivity contribution < 1.29 is 9.32 Å². The third-order valence-electron chi connectivity index (χ3n) is 4.92. The lowest BCUT2D eigenvalue weighted by Gasteiger charge is -2.30. The molecule has 2 aromatic rings. The number of piperidine rings is 1. The van der Waals surface area contributed by atoms with E-state index in [1.165, 1.54) is 5.56 Å². The second-order valence-corrected chi connectivity index (χ2v) is 7.53. The average Bonchev–Trinajstić information content (AvgIpc) is 3.10. The first-order chi connectivity index (χ1) is 13.0. The second-order valence-electron chi connectivity index (χ2n) is 7.53. The van der Waals surface area contributed by atoms with Crippen LogP contribution in [0.15, 0.2) is 28.8 Å². The monoisotopic (exact) mass is 371 g/mol. The van der Waals surface area contributed by atoms with Crippen LogP contribution in [0.5, 0.6) is 0 Å². The number of aryl methyl sites for hydroxylation is 1. The summed E-state index contributed by atoms with van der Waals surface area (Å²) in [6.07, 6.45) is 1.74. The molecule has 1 fully saturated rings. The number of likely N-dealkylation sites (N-methyl/N-ethyl adjacent to an activating group) is 1. The van der Waals surface area contributed by atoms with Gasteiger partial charge in [0.25, 0.3) is 0 Å². The number of aromatic nitrogens is 2. The minimum absolute atomic E-state index is 0.106. The maximum atomic E-state index is 12.2. The molecule has 0 unspecified atom stereocenters. The van der Waals surface area contributed by atoms with Gasteiger partial charge >= 0.3 is 0 Å². The van der Waals surface area contributed by atoms with E-state index in [0.717, 1.165) is 38.0 Å². The molecule has 1 aliphatic heterocycles. The number of rotatable bonds is 7.